The summed E-state index contributed by atoms with van der Waals surface area (Å²) in [5.41, 5.74) is -0.553. The van der Waals surface area contributed by atoms with Gasteiger partial charge in [0.25, 0.3) is 0 Å². The normalized spacial score (nSPS) is 27.9. The third-order valence-electron chi connectivity index (χ3n) is 11.0. The van der Waals surface area contributed by atoms with Crippen LogP contribution >= 0.6 is 0 Å². The Bertz CT molecular complexity index is 1800. The number of aromatic carboxylic acids is 1. The molecule has 4 aliphatic carbocycles. The fourth-order valence-electron chi connectivity index (χ4n) is 8.60. The van der Waals surface area contributed by atoms with Crippen LogP contribution in [-0.4, -0.2) is 52.4 Å². The lowest BCUT2D eigenvalue weighted by Gasteiger charge is -2.56. The van der Waals surface area contributed by atoms with Crippen LogP contribution in [0.15, 0.2) is 71.3 Å². The minimum absolute atomic E-state index is 0.00819. The number of nitrogens with one attached hydrogen (secondary N) is 1. The van der Waals surface area contributed by atoms with Crippen molar-refractivity contribution in [2.75, 3.05) is 11.9 Å². The number of hydrogen-bond acceptors (Lipinski definition) is 5. The van der Waals surface area contributed by atoms with E-state index in [4.69, 9.17) is 9.84 Å². The lowest BCUT2D eigenvalue weighted by atomic mass is 9.50. The van der Waals surface area contributed by atoms with Crippen molar-refractivity contribution in [3.63, 3.8) is 0 Å². The molecular formula is C37H34F5NO6. The van der Waals surface area contributed by atoms with Crippen LogP contribution in [0.2, 0.25) is 0 Å². The maximum Gasteiger partial charge on any atom is 0.456 e. The second-order valence-corrected chi connectivity index (χ2v) is 13.5. The molecule has 7 nitrogen and oxygen atoms in total. The topological polar surface area (TPSA) is 113 Å². The Labute approximate surface area is 279 Å². The molecule has 6 rings (SSSR count). The van der Waals surface area contributed by atoms with E-state index in [1.165, 1.54) is 31.2 Å². The van der Waals surface area contributed by atoms with Gasteiger partial charge in [-0.15, -0.1) is 0 Å². The number of fused-ring (bicyclic) bond motifs is 4. The van der Waals surface area contributed by atoms with Gasteiger partial charge in [0, 0.05) is 29.0 Å². The lowest BCUT2D eigenvalue weighted by molar-refractivity contribution is -0.362. The van der Waals surface area contributed by atoms with Crippen molar-refractivity contribution in [1.29, 1.82) is 0 Å². The van der Waals surface area contributed by atoms with E-state index in [1.807, 2.05) is 0 Å². The van der Waals surface area contributed by atoms with Gasteiger partial charge in [0.15, 0.2) is 12.4 Å². The number of carbonyl (C=O) groups excluding carboxylic acids is 2. The lowest BCUT2D eigenvalue weighted by Crippen LogP contribution is -2.65. The summed E-state index contributed by atoms with van der Waals surface area (Å²) in [6.45, 7) is 1.12. The van der Waals surface area contributed by atoms with Crippen molar-refractivity contribution in [2.45, 2.75) is 75.5 Å². The first kappa shape index (κ1) is 34.4. The highest BCUT2D eigenvalue weighted by Gasteiger charge is 2.79. The molecular weight excluding hydrogens is 649 g/mol. The number of ether oxygens (including phenoxy) is 1. The average molecular weight is 684 g/mol. The first-order chi connectivity index (χ1) is 23.1. The molecule has 2 aromatic carbocycles. The second kappa shape index (κ2) is 12.4. The molecule has 2 saturated carbocycles. The maximum atomic E-state index is 15.2. The van der Waals surface area contributed by atoms with E-state index in [0.717, 1.165) is 16.7 Å². The Morgan fingerprint density at radius 1 is 1.00 bits per heavy atom. The van der Waals surface area contributed by atoms with Crippen LogP contribution in [0.3, 0.4) is 0 Å². The molecule has 0 saturated heterocycles. The van der Waals surface area contributed by atoms with Gasteiger partial charge in [-0.25, -0.2) is 9.59 Å². The molecule has 0 heterocycles. The van der Waals surface area contributed by atoms with Crippen LogP contribution in [-0.2, 0) is 9.53 Å². The quantitative estimate of drug-likeness (QED) is 0.219. The van der Waals surface area contributed by atoms with Gasteiger partial charge in [-0.1, -0.05) is 36.5 Å². The SMILES string of the molecule is C[C@]12C[C@H](c3ccc(C#CCOC(=O)Nc4ccc(C(=O)O)cc4)cc3)C3=C4CCC(=O)C=C4CC[C@H]3[C@@H]1CC[C@@]2(O)C(F)(F)C(F)(F)F. The van der Waals surface area contributed by atoms with Crippen LogP contribution in [0.25, 0.3) is 0 Å². The van der Waals surface area contributed by atoms with E-state index < -0.39 is 53.4 Å². The number of anilines is 1. The Kier molecular flexibility index (Phi) is 8.72. The number of carboxylic acid groups (broad SMARTS) is 1. The second-order valence-electron chi connectivity index (χ2n) is 13.5. The largest absolute Gasteiger partial charge is 0.478 e. The molecule has 258 valence electrons. The van der Waals surface area contributed by atoms with Gasteiger partial charge in [-0.2, -0.15) is 22.0 Å². The molecule has 12 heteroatoms. The van der Waals surface area contributed by atoms with Gasteiger partial charge in [-0.3, -0.25) is 10.1 Å². The smallest absolute Gasteiger partial charge is 0.456 e. The number of ketones is 1. The van der Waals surface area contributed by atoms with E-state index in [9.17, 15) is 32.7 Å². The van der Waals surface area contributed by atoms with Crippen molar-refractivity contribution in [3.05, 3.63) is 88.0 Å². The first-order valence-electron chi connectivity index (χ1n) is 16.1. The van der Waals surface area contributed by atoms with E-state index in [1.54, 1.807) is 30.3 Å². The van der Waals surface area contributed by atoms with Gasteiger partial charge >= 0.3 is 24.2 Å². The summed E-state index contributed by atoms with van der Waals surface area (Å²) in [5.74, 6) is -2.28. The van der Waals surface area contributed by atoms with Crippen molar-refractivity contribution >= 4 is 23.5 Å². The molecule has 5 atom stereocenters. The van der Waals surface area contributed by atoms with Gasteiger partial charge < -0.3 is 14.9 Å². The summed E-state index contributed by atoms with van der Waals surface area (Å²) in [5, 5.41) is 22.9. The van der Waals surface area contributed by atoms with Crippen molar-refractivity contribution in [1.82, 2.24) is 0 Å². The van der Waals surface area contributed by atoms with Crippen molar-refractivity contribution in [2.24, 2.45) is 17.3 Å². The number of allylic oxidation sites excluding steroid dienone is 4. The molecule has 3 N–H and O–H groups in total. The third-order valence-corrected chi connectivity index (χ3v) is 11.0. The fraction of sp³-hybridized carbons (Fsp3) is 0.432. The minimum Gasteiger partial charge on any atom is -0.478 e. The zero-order valence-electron chi connectivity index (χ0n) is 26.5. The number of halogens is 5. The highest BCUT2D eigenvalue weighted by Crippen LogP contribution is 2.70. The zero-order chi connectivity index (χ0) is 35.4. The van der Waals surface area contributed by atoms with Gasteiger partial charge in [-0.05, 0) is 110 Å². The fourth-order valence-corrected chi connectivity index (χ4v) is 8.60. The third kappa shape index (κ3) is 5.92. The van der Waals surface area contributed by atoms with Gasteiger partial charge in [0.05, 0.1) is 5.56 Å². The summed E-state index contributed by atoms with van der Waals surface area (Å²) < 4.78 is 76.9. The Morgan fingerprint density at radius 2 is 1.69 bits per heavy atom. The van der Waals surface area contributed by atoms with Crippen LogP contribution in [0.5, 0.6) is 0 Å². The van der Waals surface area contributed by atoms with Crippen LogP contribution < -0.4 is 5.32 Å². The molecule has 0 aliphatic heterocycles. The number of amides is 1. The summed E-state index contributed by atoms with van der Waals surface area (Å²) >= 11 is 0. The van der Waals surface area contributed by atoms with Gasteiger partial charge in [0.2, 0.25) is 0 Å². The Balaban J connectivity index is 1.24. The predicted molar refractivity (Wildman–Crippen MR) is 168 cm³/mol. The number of hydrogen-bond donors (Lipinski definition) is 3. The van der Waals surface area contributed by atoms with E-state index >= 15 is 8.78 Å². The van der Waals surface area contributed by atoms with Crippen LogP contribution in [0, 0.1) is 29.1 Å². The number of alkyl halides is 5. The first-order valence-corrected chi connectivity index (χ1v) is 16.1. The highest BCUT2D eigenvalue weighted by atomic mass is 19.4. The van der Waals surface area contributed by atoms with Crippen molar-refractivity contribution < 1.29 is 51.3 Å². The molecule has 0 aromatic heterocycles. The number of carboxylic acids is 1. The molecule has 0 unspecified atom stereocenters. The van der Waals surface area contributed by atoms with E-state index in [0.29, 0.717) is 42.5 Å². The Hall–Kier alpha value is -4.50. The summed E-state index contributed by atoms with van der Waals surface area (Å²) in [7, 11) is 0. The number of benzene rings is 2. The van der Waals surface area contributed by atoms with Crippen LogP contribution in [0.1, 0.15) is 79.3 Å². The maximum absolute atomic E-state index is 15.2. The number of carbonyl (C=O) groups is 3. The summed E-state index contributed by atoms with van der Waals surface area (Å²) in [6, 6.07) is 12.4. The number of rotatable bonds is 5. The van der Waals surface area contributed by atoms with Crippen molar-refractivity contribution in [3.8, 4) is 11.8 Å². The predicted octanol–water partition coefficient (Wildman–Crippen LogP) is 7.81. The average Bonchev–Trinajstić information content (AvgIpc) is 3.33. The molecule has 2 aromatic rings. The van der Waals surface area contributed by atoms with E-state index in [-0.39, 0.29) is 36.7 Å². The minimum atomic E-state index is -5.92. The molecule has 49 heavy (non-hydrogen) atoms. The Morgan fingerprint density at radius 3 is 2.35 bits per heavy atom. The summed E-state index contributed by atoms with van der Waals surface area (Å²) in [6.07, 6.45) is -4.05. The molecule has 4 aliphatic rings. The van der Waals surface area contributed by atoms with E-state index in [2.05, 4.69) is 17.2 Å². The standard InChI is InChI=1S/C37H34F5NO6/c1-34-20-29(22-6-4-21(5-7-22)3-2-18-49-33(47)43-25-11-8-23(9-12-25)32(45)46)31-27-15-13-26(44)19-24(27)10-14-28(31)30(34)16-17-35(34,48)36(38,39)37(40,41)42/h4-9,11-12,19,28-30,48H,10,13-18,20H2,1H3,(H,43,47)(H,45,46)/t28-,29+,30-,34-,35-/m0/s1. The number of aliphatic hydroxyl groups is 1. The highest BCUT2D eigenvalue weighted by molar-refractivity contribution is 5.93. The molecule has 0 radical (unpaired) electrons. The zero-order valence-corrected chi connectivity index (χ0v) is 26.5. The van der Waals surface area contributed by atoms with Gasteiger partial charge in [0.1, 0.15) is 5.60 Å². The monoisotopic (exact) mass is 683 g/mol. The van der Waals surface area contributed by atoms with Crippen LogP contribution in [0.4, 0.5) is 32.4 Å². The molecule has 0 spiro atoms. The summed E-state index contributed by atoms with van der Waals surface area (Å²) in [4.78, 5) is 35.3. The molecule has 0 bridgehead atoms. The molecule has 1 amide bonds. The molecule has 2 fully saturated rings.